The van der Waals surface area contributed by atoms with Crippen LogP contribution in [0.3, 0.4) is 0 Å². The molecule has 2 aromatic carbocycles. The maximum absolute atomic E-state index is 13.0. The fraction of sp³-hybridized carbons (Fsp3) is 0.158. The number of halogens is 4. The van der Waals surface area contributed by atoms with Crippen LogP contribution in [-0.2, 0) is 6.18 Å². The van der Waals surface area contributed by atoms with Crippen LogP contribution in [0.15, 0.2) is 60.8 Å². The molecule has 0 aliphatic heterocycles. The minimum absolute atomic E-state index is 0.00122. The Balaban J connectivity index is 1.77. The molecule has 3 aromatic rings. The second kappa shape index (κ2) is 7.84. The summed E-state index contributed by atoms with van der Waals surface area (Å²) in [5, 5.41) is 5.65. The topological polar surface area (TPSA) is 49.8 Å². The molecule has 27 heavy (non-hydrogen) atoms. The zero-order valence-electron chi connectivity index (χ0n) is 14.3. The molecule has 0 bridgehead atoms. The largest absolute Gasteiger partial charge is 0.417 e. The molecule has 0 spiro atoms. The summed E-state index contributed by atoms with van der Waals surface area (Å²) in [5.74, 6) is 0.726. The van der Waals surface area contributed by atoms with Crippen molar-refractivity contribution >= 4 is 29.1 Å². The van der Waals surface area contributed by atoms with E-state index < -0.39 is 11.7 Å². The molecule has 2 N–H and O–H groups in total. The Morgan fingerprint density at radius 2 is 1.78 bits per heavy atom. The highest BCUT2D eigenvalue weighted by Gasteiger charge is 2.33. The lowest BCUT2D eigenvalue weighted by molar-refractivity contribution is -0.137. The van der Waals surface area contributed by atoms with E-state index in [4.69, 9.17) is 11.6 Å². The molecule has 140 valence electrons. The van der Waals surface area contributed by atoms with E-state index in [2.05, 4.69) is 20.6 Å². The Morgan fingerprint density at radius 3 is 2.48 bits per heavy atom. The van der Waals surface area contributed by atoms with Crippen LogP contribution >= 0.6 is 11.6 Å². The number of nitrogens with zero attached hydrogens (tertiary/aromatic N) is 2. The van der Waals surface area contributed by atoms with Crippen molar-refractivity contribution in [2.75, 3.05) is 10.6 Å². The number of hydrogen-bond acceptors (Lipinski definition) is 4. The first-order valence-electron chi connectivity index (χ1n) is 8.11. The molecular weight excluding hydrogens is 377 g/mol. The van der Waals surface area contributed by atoms with E-state index >= 15 is 0 Å². The highest BCUT2D eigenvalue weighted by Crippen LogP contribution is 2.36. The molecule has 0 fully saturated rings. The molecule has 0 radical (unpaired) electrons. The van der Waals surface area contributed by atoms with Gasteiger partial charge in [-0.1, -0.05) is 41.9 Å². The second-order valence-corrected chi connectivity index (χ2v) is 6.27. The summed E-state index contributed by atoms with van der Waals surface area (Å²) in [5.41, 5.74) is 0.360. The highest BCUT2D eigenvalue weighted by molar-refractivity contribution is 6.31. The van der Waals surface area contributed by atoms with Gasteiger partial charge in [-0.05, 0) is 36.8 Å². The summed E-state index contributed by atoms with van der Waals surface area (Å²) in [6.07, 6.45) is -3.01. The lowest BCUT2D eigenvalue weighted by Gasteiger charge is -2.16. The maximum Gasteiger partial charge on any atom is 0.417 e. The summed E-state index contributed by atoms with van der Waals surface area (Å²) < 4.78 is 38.9. The highest BCUT2D eigenvalue weighted by atomic mass is 35.5. The Labute approximate surface area is 159 Å². The zero-order chi connectivity index (χ0) is 19.4. The lowest BCUT2D eigenvalue weighted by Crippen LogP contribution is -2.09. The van der Waals surface area contributed by atoms with Crippen LogP contribution in [0.2, 0.25) is 5.02 Å². The van der Waals surface area contributed by atoms with Crippen molar-refractivity contribution in [2.24, 2.45) is 0 Å². The fourth-order valence-corrected chi connectivity index (χ4v) is 2.72. The van der Waals surface area contributed by atoms with Crippen molar-refractivity contribution < 1.29 is 13.2 Å². The summed E-state index contributed by atoms with van der Waals surface area (Å²) in [7, 11) is 0. The number of hydrogen-bond donors (Lipinski definition) is 2. The minimum atomic E-state index is -4.54. The molecule has 4 nitrogen and oxygen atoms in total. The van der Waals surface area contributed by atoms with Crippen LogP contribution < -0.4 is 10.6 Å². The summed E-state index contributed by atoms with van der Waals surface area (Å²) in [4.78, 5) is 8.35. The third-order valence-electron chi connectivity index (χ3n) is 3.85. The Morgan fingerprint density at radius 1 is 1.04 bits per heavy atom. The predicted molar refractivity (Wildman–Crippen MR) is 100 cm³/mol. The molecular formula is C19H16ClF3N4. The van der Waals surface area contributed by atoms with Crippen molar-refractivity contribution in [3.05, 3.63) is 76.9 Å². The summed E-state index contributed by atoms with van der Waals surface area (Å²) in [6.45, 7) is 1.99. The van der Waals surface area contributed by atoms with E-state index in [1.54, 1.807) is 6.07 Å². The number of benzene rings is 2. The van der Waals surface area contributed by atoms with E-state index in [-0.39, 0.29) is 22.7 Å². The first-order chi connectivity index (χ1) is 12.8. The first-order valence-corrected chi connectivity index (χ1v) is 8.49. The number of alkyl halides is 3. The molecule has 1 atom stereocenters. The van der Waals surface area contributed by atoms with Gasteiger partial charge in [0.25, 0.3) is 0 Å². The lowest BCUT2D eigenvalue weighted by atomic mass is 10.1. The van der Waals surface area contributed by atoms with Crippen LogP contribution in [-0.4, -0.2) is 9.97 Å². The monoisotopic (exact) mass is 392 g/mol. The Bertz CT molecular complexity index is 916. The smallest absolute Gasteiger partial charge is 0.363 e. The summed E-state index contributed by atoms with van der Waals surface area (Å²) >= 11 is 5.64. The average Bonchev–Trinajstić information content (AvgIpc) is 2.63. The summed E-state index contributed by atoms with van der Waals surface area (Å²) in [6, 6.07) is 15.0. The number of rotatable bonds is 5. The second-order valence-electron chi connectivity index (χ2n) is 5.86. The standard InChI is InChI=1S/C19H16ClF3N4/c1-12(13-5-3-2-4-6-13)25-17-9-10-24-18(27-17)26-14-7-8-16(20)15(11-14)19(21,22)23/h2-12H,1H3,(H2,24,25,26,27). The fourth-order valence-electron chi connectivity index (χ4n) is 2.50. The van der Waals surface area contributed by atoms with Gasteiger partial charge in [0.15, 0.2) is 0 Å². The molecule has 1 unspecified atom stereocenters. The molecule has 3 rings (SSSR count). The number of aromatic nitrogens is 2. The molecule has 0 amide bonds. The van der Waals surface area contributed by atoms with Crippen molar-refractivity contribution in [3.8, 4) is 0 Å². The average molecular weight is 393 g/mol. The van der Waals surface area contributed by atoms with E-state index in [1.165, 1.54) is 18.3 Å². The third-order valence-corrected chi connectivity index (χ3v) is 4.18. The quantitative estimate of drug-likeness (QED) is 0.553. The van der Waals surface area contributed by atoms with Crippen LogP contribution in [0.5, 0.6) is 0 Å². The molecule has 8 heteroatoms. The van der Waals surface area contributed by atoms with Gasteiger partial charge in [0, 0.05) is 17.9 Å². The van der Waals surface area contributed by atoms with Gasteiger partial charge in [-0.25, -0.2) is 4.98 Å². The van der Waals surface area contributed by atoms with Gasteiger partial charge in [0.1, 0.15) is 5.82 Å². The van der Waals surface area contributed by atoms with E-state index in [9.17, 15) is 13.2 Å². The van der Waals surface area contributed by atoms with Gasteiger partial charge in [0.2, 0.25) is 5.95 Å². The molecule has 0 aliphatic rings. The number of anilines is 3. The number of nitrogens with one attached hydrogen (secondary N) is 2. The Hall–Kier alpha value is -2.80. The van der Waals surface area contributed by atoms with Crippen LogP contribution in [0.25, 0.3) is 0 Å². The molecule has 1 heterocycles. The predicted octanol–water partition coefficient (Wildman–Crippen LogP) is 6.07. The van der Waals surface area contributed by atoms with Crippen LogP contribution in [0, 0.1) is 0 Å². The molecule has 0 saturated heterocycles. The van der Waals surface area contributed by atoms with Gasteiger partial charge in [-0.15, -0.1) is 0 Å². The SMILES string of the molecule is CC(Nc1ccnc(Nc2ccc(Cl)c(C(F)(F)F)c2)n1)c1ccccc1. The minimum Gasteiger partial charge on any atom is -0.363 e. The van der Waals surface area contributed by atoms with Crippen molar-refractivity contribution in [2.45, 2.75) is 19.1 Å². The zero-order valence-corrected chi connectivity index (χ0v) is 15.0. The molecule has 0 aliphatic carbocycles. The van der Waals surface area contributed by atoms with E-state index in [1.807, 2.05) is 37.3 Å². The first kappa shape index (κ1) is 19.0. The van der Waals surface area contributed by atoms with Crippen molar-refractivity contribution in [3.63, 3.8) is 0 Å². The van der Waals surface area contributed by atoms with Gasteiger partial charge < -0.3 is 10.6 Å². The molecule has 1 aromatic heterocycles. The Kier molecular flexibility index (Phi) is 5.51. The van der Waals surface area contributed by atoms with Crippen LogP contribution in [0.1, 0.15) is 24.1 Å². The third kappa shape index (κ3) is 4.89. The van der Waals surface area contributed by atoms with E-state index in [0.29, 0.717) is 5.82 Å². The maximum atomic E-state index is 13.0. The van der Waals surface area contributed by atoms with Crippen molar-refractivity contribution in [1.82, 2.24) is 9.97 Å². The van der Waals surface area contributed by atoms with Gasteiger partial charge in [-0.2, -0.15) is 18.2 Å². The van der Waals surface area contributed by atoms with Gasteiger partial charge in [0.05, 0.1) is 10.6 Å². The van der Waals surface area contributed by atoms with Crippen molar-refractivity contribution in [1.29, 1.82) is 0 Å². The van der Waals surface area contributed by atoms with E-state index in [0.717, 1.165) is 11.6 Å². The van der Waals surface area contributed by atoms with Gasteiger partial charge >= 0.3 is 6.18 Å². The molecule has 0 saturated carbocycles. The normalized spacial score (nSPS) is 12.5. The van der Waals surface area contributed by atoms with Gasteiger partial charge in [-0.3, -0.25) is 0 Å². The van der Waals surface area contributed by atoms with Crippen LogP contribution in [0.4, 0.5) is 30.6 Å².